The van der Waals surface area contributed by atoms with E-state index in [1.807, 2.05) is 19.9 Å². The molecule has 1 amide bonds. The van der Waals surface area contributed by atoms with Crippen LogP contribution in [0.25, 0.3) is 0 Å². The minimum absolute atomic E-state index is 0.278. The van der Waals surface area contributed by atoms with Gasteiger partial charge in [0.2, 0.25) is 0 Å². The zero-order valence-corrected chi connectivity index (χ0v) is 10.8. The van der Waals surface area contributed by atoms with Crippen molar-refractivity contribution >= 4 is 5.91 Å². The Morgan fingerprint density at radius 3 is 2.74 bits per heavy atom. The first-order valence-electron chi connectivity index (χ1n) is 5.83. The maximum Gasteiger partial charge on any atom is 0.265 e. The fourth-order valence-corrected chi connectivity index (χ4v) is 1.38. The zero-order chi connectivity index (χ0) is 14.4. The van der Waals surface area contributed by atoms with Crippen molar-refractivity contribution < 1.29 is 23.4 Å². The number of benzene rings is 1. The first kappa shape index (κ1) is 15.4. The molecule has 1 aromatic carbocycles. The number of aliphatic hydroxyl groups is 1. The topological polar surface area (TPSA) is 58.6 Å². The van der Waals surface area contributed by atoms with Crippen molar-refractivity contribution in [3.05, 3.63) is 29.3 Å². The molecular weight excluding hydrogens is 256 g/mol. The molecule has 0 radical (unpaired) electrons. The van der Waals surface area contributed by atoms with Crippen molar-refractivity contribution in [1.29, 1.82) is 0 Å². The number of aliphatic hydroxyl groups excluding tert-OH is 1. The molecule has 1 aromatic rings. The first-order valence-corrected chi connectivity index (χ1v) is 5.83. The number of nitrogens with one attached hydrogen (secondary N) is 1. The molecule has 106 valence electrons. The molecule has 0 aliphatic carbocycles. The molecule has 1 unspecified atom stereocenters. The van der Waals surface area contributed by atoms with Gasteiger partial charge in [0.15, 0.2) is 6.61 Å². The predicted octanol–water partition coefficient (Wildman–Crippen LogP) is 1.42. The lowest BCUT2D eigenvalue weighted by Gasteiger charge is -2.12. The summed E-state index contributed by atoms with van der Waals surface area (Å²) in [4.78, 5) is 11.3. The third-order valence-electron chi connectivity index (χ3n) is 2.71. The van der Waals surface area contributed by atoms with E-state index in [0.29, 0.717) is 5.75 Å². The average molecular weight is 273 g/mol. The number of carbonyl (C=O) groups is 1. The van der Waals surface area contributed by atoms with Gasteiger partial charge in [-0.1, -0.05) is 12.1 Å². The monoisotopic (exact) mass is 273 g/mol. The fraction of sp³-hybridized carbons (Fsp3) is 0.462. The lowest BCUT2D eigenvalue weighted by atomic mass is 10.1. The minimum Gasteiger partial charge on any atom is -0.483 e. The SMILES string of the molecule is Cc1cccc(OCC(=O)NCC(O)C(F)F)c1C. The van der Waals surface area contributed by atoms with Crippen LogP contribution in [0.3, 0.4) is 0 Å². The lowest BCUT2D eigenvalue weighted by molar-refractivity contribution is -0.124. The van der Waals surface area contributed by atoms with Gasteiger partial charge in [-0.15, -0.1) is 0 Å². The summed E-state index contributed by atoms with van der Waals surface area (Å²) in [6.07, 6.45) is -4.73. The van der Waals surface area contributed by atoms with Crippen LogP contribution in [-0.4, -0.2) is 36.7 Å². The van der Waals surface area contributed by atoms with Crippen LogP contribution in [0.4, 0.5) is 8.78 Å². The summed E-state index contributed by atoms with van der Waals surface area (Å²) in [5.74, 6) is 0.0187. The van der Waals surface area contributed by atoms with Crippen LogP contribution in [0.15, 0.2) is 18.2 Å². The number of aryl methyl sites for hydroxylation is 1. The number of ether oxygens (including phenoxy) is 1. The van der Waals surface area contributed by atoms with E-state index in [0.717, 1.165) is 11.1 Å². The van der Waals surface area contributed by atoms with Gasteiger partial charge in [-0.3, -0.25) is 4.79 Å². The van der Waals surface area contributed by atoms with Gasteiger partial charge in [-0.2, -0.15) is 0 Å². The highest BCUT2D eigenvalue weighted by molar-refractivity contribution is 5.77. The Morgan fingerprint density at radius 2 is 2.11 bits per heavy atom. The summed E-state index contributed by atoms with van der Waals surface area (Å²) in [7, 11) is 0. The van der Waals surface area contributed by atoms with Crippen molar-refractivity contribution in [3.63, 3.8) is 0 Å². The van der Waals surface area contributed by atoms with E-state index in [-0.39, 0.29) is 6.61 Å². The maximum absolute atomic E-state index is 12.0. The van der Waals surface area contributed by atoms with Crippen LogP contribution in [-0.2, 0) is 4.79 Å². The van der Waals surface area contributed by atoms with Crippen molar-refractivity contribution in [2.24, 2.45) is 0 Å². The zero-order valence-electron chi connectivity index (χ0n) is 10.8. The van der Waals surface area contributed by atoms with Gasteiger partial charge in [0.25, 0.3) is 12.3 Å². The number of hydrogen-bond donors (Lipinski definition) is 2. The van der Waals surface area contributed by atoms with Crippen molar-refractivity contribution in [2.75, 3.05) is 13.2 Å². The molecule has 1 rings (SSSR count). The molecule has 19 heavy (non-hydrogen) atoms. The third-order valence-corrected chi connectivity index (χ3v) is 2.71. The van der Waals surface area contributed by atoms with E-state index in [4.69, 9.17) is 9.84 Å². The van der Waals surface area contributed by atoms with Crippen molar-refractivity contribution in [2.45, 2.75) is 26.4 Å². The molecule has 0 saturated carbocycles. The summed E-state index contributed by atoms with van der Waals surface area (Å²) in [5, 5.41) is 11.0. The largest absolute Gasteiger partial charge is 0.483 e. The Bertz CT molecular complexity index is 438. The minimum atomic E-state index is -2.87. The summed E-state index contributed by atoms with van der Waals surface area (Å²) in [6, 6.07) is 5.45. The summed E-state index contributed by atoms with van der Waals surface area (Å²) in [6.45, 7) is 3.01. The molecule has 4 nitrogen and oxygen atoms in total. The van der Waals surface area contributed by atoms with Crippen LogP contribution >= 0.6 is 0 Å². The molecular formula is C13H17F2NO3. The molecule has 1 atom stereocenters. The number of amides is 1. The van der Waals surface area contributed by atoms with Gasteiger partial charge in [0, 0.05) is 6.54 Å². The summed E-state index contributed by atoms with van der Waals surface area (Å²) < 4.78 is 29.3. The highest BCUT2D eigenvalue weighted by atomic mass is 19.3. The maximum atomic E-state index is 12.0. The van der Waals surface area contributed by atoms with Gasteiger partial charge in [0.05, 0.1) is 0 Å². The highest BCUT2D eigenvalue weighted by Gasteiger charge is 2.17. The lowest BCUT2D eigenvalue weighted by Crippen LogP contribution is -2.38. The van der Waals surface area contributed by atoms with Crippen LogP contribution in [0.1, 0.15) is 11.1 Å². The van der Waals surface area contributed by atoms with Gasteiger partial charge in [-0.25, -0.2) is 8.78 Å². The number of halogens is 2. The van der Waals surface area contributed by atoms with Crippen LogP contribution in [0.2, 0.25) is 0 Å². The third kappa shape index (κ3) is 4.82. The molecule has 0 bridgehead atoms. The van der Waals surface area contributed by atoms with E-state index >= 15 is 0 Å². The van der Waals surface area contributed by atoms with E-state index in [1.165, 1.54) is 0 Å². The molecule has 0 fully saturated rings. The van der Waals surface area contributed by atoms with Gasteiger partial charge in [-0.05, 0) is 31.0 Å². The Hall–Kier alpha value is -1.69. The first-order chi connectivity index (χ1) is 8.91. The Balaban J connectivity index is 2.40. The molecule has 0 heterocycles. The molecule has 0 aliphatic heterocycles. The van der Waals surface area contributed by atoms with E-state index in [2.05, 4.69) is 5.32 Å². The average Bonchev–Trinajstić information content (AvgIpc) is 2.37. The number of rotatable bonds is 6. The van der Waals surface area contributed by atoms with Crippen molar-refractivity contribution in [1.82, 2.24) is 5.32 Å². The Labute approximate surface area is 110 Å². The fourth-order valence-electron chi connectivity index (χ4n) is 1.38. The van der Waals surface area contributed by atoms with Crippen LogP contribution in [0.5, 0.6) is 5.75 Å². The Kier molecular flexibility index (Phi) is 5.69. The summed E-state index contributed by atoms with van der Waals surface area (Å²) in [5.41, 5.74) is 1.95. The molecule has 0 aromatic heterocycles. The highest BCUT2D eigenvalue weighted by Crippen LogP contribution is 2.20. The molecule has 0 saturated heterocycles. The second-order valence-electron chi connectivity index (χ2n) is 4.19. The van der Waals surface area contributed by atoms with Gasteiger partial charge in [0.1, 0.15) is 11.9 Å². The van der Waals surface area contributed by atoms with E-state index < -0.39 is 25.0 Å². The standard InChI is InChI=1S/C13H17F2NO3/c1-8-4-3-5-11(9(8)2)19-7-12(18)16-6-10(17)13(14)15/h3-5,10,13,17H,6-7H2,1-2H3,(H,16,18). The number of carbonyl (C=O) groups excluding carboxylic acids is 1. The van der Waals surface area contributed by atoms with Crippen LogP contribution < -0.4 is 10.1 Å². The molecule has 0 spiro atoms. The molecule has 6 heteroatoms. The Morgan fingerprint density at radius 1 is 1.42 bits per heavy atom. The molecule has 2 N–H and O–H groups in total. The number of hydrogen-bond acceptors (Lipinski definition) is 3. The second kappa shape index (κ2) is 7.04. The van der Waals surface area contributed by atoms with Gasteiger partial charge >= 0.3 is 0 Å². The van der Waals surface area contributed by atoms with Gasteiger partial charge < -0.3 is 15.2 Å². The van der Waals surface area contributed by atoms with Crippen molar-refractivity contribution in [3.8, 4) is 5.75 Å². The predicted molar refractivity (Wildman–Crippen MR) is 66.4 cm³/mol. The smallest absolute Gasteiger partial charge is 0.265 e. The number of alkyl halides is 2. The molecule has 0 aliphatic rings. The van der Waals surface area contributed by atoms with Crippen LogP contribution in [0, 0.1) is 13.8 Å². The van der Waals surface area contributed by atoms with E-state index in [9.17, 15) is 13.6 Å². The second-order valence-corrected chi connectivity index (χ2v) is 4.19. The summed E-state index contributed by atoms with van der Waals surface area (Å²) >= 11 is 0. The van der Waals surface area contributed by atoms with E-state index in [1.54, 1.807) is 12.1 Å². The normalized spacial score (nSPS) is 12.3. The quantitative estimate of drug-likeness (QED) is 0.824.